The number of hydrogen-bond acceptors (Lipinski definition) is 6. The maximum Gasteiger partial charge on any atom is 0.252 e. The number of halogens is 1. The van der Waals surface area contributed by atoms with E-state index in [4.69, 9.17) is 16.9 Å². The van der Waals surface area contributed by atoms with Crippen molar-refractivity contribution in [2.75, 3.05) is 0 Å². The molecule has 1 N–H and O–H groups in total. The van der Waals surface area contributed by atoms with Crippen LogP contribution in [0.3, 0.4) is 0 Å². The van der Waals surface area contributed by atoms with Gasteiger partial charge in [-0.15, -0.1) is 16.4 Å². The molecule has 0 aliphatic carbocycles. The van der Waals surface area contributed by atoms with E-state index in [9.17, 15) is 4.79 Å². The number of carbonyl (C=O) groups excluding carboxylic acids is 1. The first-order chi connectivity index (χ1) is 12.0. The van der Waals surface area contributed by atoms with E-state index in [0.29, 0.717) is 32.9 Å². The molecule has 0 saturated heterocycles. The molecule has 0 bridgehead atoms. The largest absolute Gasteiger partial charge is 0.342 e. The molecule has 0 aromatic carbocycles. The van der Waals surface area contributed by atoms with E-state index in [1.165, 1.54) is 17.5 Å². The van der Waals surface area contributed by atoms with Crippen LogP contribution in [0.4, 0.5) is 0 Å². The van der Waals surface area contributed by atoms with Gasteiger partial charge in [-0.2, -0.15) is 9.94 Å². The van der Waals surface area contributed by atoms with Crippen LogP contribution in [0.5, 0.6) is 0 Å². The van der Waals surface area contributed by atoms with Crippen LogP contribution in [-0.4, -0.2) is 25.7 Å². The average molecular weight is 373 g/mol. The molecule has 126 valence electrons. The summed E-state index contributed by atoms with van der Waals surface area (Å²) < 4.78 is 2.11. The lowest BCUT2D eigenvalue weighted by Crippen LogP contribution is -2.28. The molecule has 3 rings (SSSR count). The number of nitrogens with one attached hydrogen (secondary N) is 1. The molecule has 9 heteroatoms. The van der Waals surface area contributed by atoms with Gasteiger partial charge in [0.25, 0.3) is 5.91 Å². The summed E-state index contributed by atoms with van der Waals surface area (Å²) >= 11 is 7.17. The number of amides is 1. The number of carbonyl (C=O) groups is 1. The molecule has 3 aromatic rings. The summed E-state index contributed by atoms with van der Waals surface area (Å²) in [6.45, 7) is 3.58. The fourth-order valence-corrected chi connectivity index (χ4v) is 3.09. The lowest BCUT2D eigenvalue weighted by atomic mass is 10.2. The van der Waals surface area contributed by atoms with Crippen LogP contribution in [0.25, 0.3) is 5.82 Å². The summed E-state index contributed by atoms with van der Waals surface area (Å²) in [5.41, 5.74) is 0.957. The summed E-state index contributed by atoms with van der Waals surface area (Å²) in [5, 5.41) is 17.8. The van der Waals surface area contributed by atoms with Gasteiger partial charge < -0.3 is 5.32 Å². The van der Waals surface area contributed by atoms with Crippen LogP contribution < -0.4 is 5.32 Å². The highest BCUT2D eigenvalue weighted by atomic mass is 35.5. The lowest BCUT2D eigenvalue weighted by molar-refractivity contribution is 0.0938. The Labute approximate surface area is 152 Å². The number of hydrogen-bond donors (Lipinski definition) is 1. The summed E-state index contributed by atoms with van der Waals surface area (Å²) in [6, 6.07) is 6.58. The SMILES string of the molecule is Cc1nc([C@H](C)NC(=O)c2csc(Cl)c2)n(-c2ccc(C#N)cn2)n1. The summed E-state index contributed by atoms with van der Waals surface area (Å²) in [4.78, 5) is 20.9. The molecule has 0 unspecified atom stereocenters. The summed E-state index contributed by atoms with van der Waals surface area (Å²) in [5.74, 6) is 1.38. The second-order valence-corrected chi connectivity index (χ2v) is 6.82. The second-order valence-electron chi connectivity index (χ2n) is 5.28. The summed E-state index contributed by atoms with van der Waals surface area (Å²) in [6.07, 6.45) is 1.47. The quantitative estimate of drug-likeness (QED) is 0.759. The zero-order valence-corrected chi connectivity index (χ0v) is 15.0. The Morgan fingerprint density at radius 1 is 1.48 bits per heavy atom. The van der Waals surface area contributed by atoms with Crippen molar-refractivity contribution >= 4 is 28.8 Å². The van der Waals surface area contributed by atoms with E-state index in [-0.39, 0.29) is 5.91 Å². The van der Waals surface area contributed by atoms with Crippen molar-refractivity contribution in [1.29, 1.82) is 5.26 Å². The van der Waals surface area contributed by atoms with Gasteiger partial charge in [-0.05, 0) is 32.0 Å². The maximum absolute atomic E-state index is 12.3. The molecule has 0 radical (unpaired) electrons. The standard InChI is InChI=1S/C16H13ClN6OS/c1-9(20-16(24)12-5-13(17)25-8-12)15-21-10(2)22-23(15)14-4-3-11(6-18)7-19-14/h3-5,7-9H,1-2H3,(H,20,24)/t9-/m0/s1. The Balaban J connectivity index is 1.86. The summed E-state index contributed by atoms with van der Waals surface area (Å²) in [7, 11) is 0. The molecule has 0 aliphatic rings. The fourth-order valence-electron chi connectivity index (χ4n) is 2.23. The van der Waals surface area contributed by atoms with Crippen molar-refractivity contribution in [1.82, 2.24) is 25.1 Å². The van der Waals surface area contributed by atoms with Crippen molar-refractivity contribution in [2.24, 2.45) is 0 Å². The average Bonchev–Trinajstić information content (AvgIpc) is 3.21. The number of aryl methyl sites for hydroxylation is 1. The van der Waals surface area contributed by atoms with Gasteiger partial charge in [0.2, 0.25) is 0 Å². The molecule has 3 aromatic heterocycles. The first-order valence-electron chi connectivity index (χ1n) is 7.33. The number of nitrogens with zero attached hydrogens (tertiary/aromatic N) is 5. The first-order valence-corrected chi connectivity index (χ1v) is 8.58. The van der Waals surface area contributed by atoms with Crippen molar-refractivity contribution in [2.45, 2.75) is 19.9 Å². The second kappa shape index (κ2) is 7.01. The Bertz CT molecular complexity index is 956. The topological polar surface area (TPSA) is 96.5 Å². The Kier molecular flexibility index (Phi) is 4.79. The molecular weight excluding hydrogens is 360 g/mol. The van der Waals surface area contributed by atoms with E-state index < -0.39 is 6.04 Å². The molecule has 0 spiro atoms. The third kappa shape index (κ3) is 3.68. The molecule has 0 aliphatic heterocycles. The first kappa shape index (κ1) is 17.1. The number of nitriles is 1. The Hall–Kier alpha value is -2.76. The third-order valence-corrected chi connectivity index (χ3v) is 4.49. The Morgan fingerprint density at radius 3 is 2.88 bits per heavy atom. The van der Waals surface area contributed by atoms with E-state index in [2.05, 4.69) is 20.4 Å². The minimum Gasteiger partial charge on any atom is -0.342 e. The highest BCUT2D eigenvalue weighted by molar-refractivity contribution is 7.14. The van der Waals surface area contributed by atoms with Gasteiger partial charge in [-0.1, -0.05) is 11.6 Å². The zero-order valence-electron chi connectivity index (χ0n) is 13.4. The normalized spacial score (nSPS) is 11.8. The zero-order chi connectivity index (χ0) is 18.0. The van der Waals surface area contributed by atoms with Gasteiger partial charge >= 0.3 is 0 Å². The number of rotatable bonds is 4. The highest BCUT2D eigenvalue weighted by Gasteiger charge is 2.20. The van der Waals surface area contributed by atoms with Crippen LogP contribution in [0.15, 0.2) is 29.8 Å². The van der Waals surface area contributed by atoms with E-state index in [1.807, 2.05) is 13.0 Å². The molecular formula is C16H13ClN6OS. The van der Waals surface area contributed by atoms with Crippen LogP contribution >= 0.6 is 22.9 Å². The molecule has 25 heavy (non-hydrogen) atoms. The fraction of sp³-hybridized carbons (Fsp3) is 0.188. The van der Waals surface area contributed by atoms with Gasteiger partial charge in [-0.3, -0.25) is 4.79 Å². The van der Waals surface area contributed by atoms with Gasteiger partial charge in [0.1, 0.15) is 11.9 Å². The number of aromatic nitrogens is 4. The van der Waals surface area contributed by atoms with Crippen LogP contribution in [0.1, 0.15) is 40.5 Å². The van der Waals surface area contributed by atoms with Crippen LogP contribution in [0, 0.1) is 18.3 Å². The highest BCUT2D eigenvalue weighted by Crippen LogP contribution is 2.21. The molecule has 1 amide bonds. The van der Waals surface area contributed by atoms with Crippen LogP contribution in [0.2, 0.25) is 4.34 Å². The van der Waals surface area contributed by atoms with Gasteiger partial charge in [-0.25, -0.2) is 9.97 Å². The van der Waals surface area contributed by atoms with Gasteiger partial charge in [0.15, 0.2) is 11.6 Å². The smallest absolute Gasteiger partial charge is 0.252 e. The van der Waals surface area contributed by atoms with E-state index >= 15 is 0 Å². The van der Waals surface area contributed by atoms with Crippen LogP contribution in [-0.2, 0) is 0 Å². The van der Waals surface area contributed by atoms with Crippen molar-refractivity contribution < 1.29 is 4.79 Å². The van der Waals surface area contributed by atoms with Gasteiger partial charge in [0.05, 0.1) is 21.5 Å². The molecule has 0 fully saturated rings. The third-order valence-electron chi connectivity index (χ3n) is 3.40. The minimum atomic E-state index is -0.398. The maximum atomic E-state index is 12.3. The number of thiophene rings is 1. The van der Waals surface area contributed by atoms with Crippen molar-refractivity contribution in [3.05, 3.63) is 56.9 Å². The minimum absolute atomic E-state index is 0.240. The Morgan fingerprint density at radius 2 is 2.28 bits per heavy atom. The predicted octanol–water partition coefficient (Wildman–Crippen LogP) is 3.05. The monoisotopic (exact) mass is 372 g/mol. The molecule has 0 saturated carbocycles. The van der Waals surface area contributed by atoms with Crippen molar-refractivity contribution in [3.8, 4) is 11.9 Å². The van der Waals surface area contributed by atoms with Crippen molar-refractivity contribution in [3.63, 3.8) is 0 Å². The van der Waals surface area contributed by atoms with E-state index in [0.717, 1.165) is 0 Å². The van der Waals surface area contributed by atoms with Gasteiger partial charge in [0, 0.05) is 11.6 Å². The molecule has 3 heterocycles. The lowest BCUT2D eigenvalue weighted by Gasteiger charge is -2.13. The van der Waals surface area contributed by atoms with E-state index in [1.54, 1.807) is 35.2 Å². The molecule has 1 atom stereocenters. The number of pyridine rings is 1. The predicted molar refractivity (Wildman–Crippen MR) is 93.8 cm³/mol. The molecule has 7 nitrogen and oxygen atoms in total.